The monoisotopic (exact) mass is 378 g/mol. The number of aromatic nitrogens is 3. The van der Waals surface area contributed by atoms with Crippen molar-refractivity contribution >= 4 is 27.9 Å². The number of benzene rings is 1. The molecule has 2 fully saturated rings. The van der Waals surface area contributed by atoms with E-state index in [2.05, 4.69) is 38.3 Å². The van der Waals surface area contributed by atoms with E-state index >= 15 is 0 Å². The maximum absolute atomic E-state index is 12.6. The molecule has 2 atom stereocenters. The normalized spacial score (nSPS) is 22.0. The topological polar surface area (TPSA) is 59.0 Å². The van der Waals surface area contributed by atoms with Gasteiger partial charge < -0.3 is 0 Å². The second-order valence-electron chi connectivity index (χ2n) is 7.84. The molecule has 3 aromatic rings. The van der Waals surface area contributed by atoms with Gasteiger partial charge in [-0.2, -0.15) is 0 Å². The van der Waals surface area contributed by atoms with E-state index in [1.807, 2.05) is 19.2 Å². The van der Waals surface area contributed by atoms with Gasteiger partial charge in [0.05, 0.1) is 13.0 Å². The number of aryl methyl sites for hydroxylation is 1. The first-order chi connectivity index (χ1) is 13.1. The molecule has 0 radical (unpaired) electrons. The average Bonchev–Trinajstić information content (AvgIpc) is 3.38. The molecule has 2 aliphatic rings. The maximum Gasteiger partial charge on any atom is 0.152 e. The summed E-state index contributed by atoms with van der Waals surface area (Å²) in [6, 6.07) is 8.91. The second-order valence-corrected chi connectivity index (χ2v) is 9.02. The number of carbonyl (C=O) groups is 1. The molecule has 1 saturated heterocycles. The van der Waals surface area contributed by atoms with Crippen LogP contribution in [0.5, 0.6) is 0 Å². The van der Waals surface area contributed by atoms with Crippen molar-refractivity contribution in [2.75, 3.05) is 13.1 Å². The van der Waals surface area contributed by atoms with E-state index in [1.165, 1.54) is 19.3 Å². The smallest absolute Gasteiger partial charge is 0.152 e. The lowest BCUT2D eigenvalue weighted by Gasteiger charge is -2.25. The third kappa shape index (κ3) is 3.39. The summed E-state index contributed by atoms with van der Waals surface area (Å²) in [6.07, 6.45) is 6.17. The Labute approximate surface area is 162 Å². The van der Waals surface area contributed by atoms with Gasteiger partial charge in [0.2, 0.25) is 0 Å². The average molecular weight is 379 g/mol. The molecule has 0 amide bonds. The van der Waals surface area contributed by atoms with Crippen LogP contribution >= 0.6 is 11.3 Å². The molecule has 138 valence electrons. The maximum atomic E-state index is 12.6. The highest BCUT2D eigenvalue weighted by atomic mass is 32.1. The zero-order valence-electron chi connectivity index (χ0n) is 15.4. The van der Waals surface area contributed by atoms with Gasteiger partial charge in [-0.3, -0.25) is 14.7 Å². The molecule has 6 heteroatoms. The third-order valence-electron chi connectivity index (χ3n) is 5.83. The summed E-state index contributed by atoms with van der Waals surface area (Å²) in [5.41, 5.74) is 1.91. The fourth-order valence-corrected chi connectivity index (χ4v) is 5.22. The number of pyridine rings is 1. The van der Waals surface area contributed by atoms with Crippen LogP contribution < -0.4 is 0 Å². The van der Waals surface area contributed by atoms with Crippen molar-refractivity contribution in [3.05, 3.63) is 41.2 Å². The molecule has 0 N–H and O–H groups in total. The van der Waals surface area contributed by atoms with E-state index < -0.39 is 0 Å². The predicted octanol–water partition coefficient (Wildman–Crippen LogP) is 3.66. The molecular formula is C21H22N4OS. The van der Waals surface area contributed by atoms with Gasteiger partial charge in [-0.25, -0.2) is 0 Å². The largest absolute Gasteiger partial charge is 0.298 e. The Morgan fingerprint density at radius 3 is 2.89 bits per heavy atom. The summed E-state index contributed by atoms with van der Waals surface area (Å²) < 4.78 is 0. The Hall–Kier alpha value is -2.18. The minimum absolute atomic E-state index is 0.269. The van der Waals surface area contributed by atoms with Crippen LogP contribution in [-0.4, -0.2) is 45.0 Å². The Kier molecular flexibility index (Phi) is 4.25. The number of rotatable bonds is 5. The first kappa shape index (κ1) is 17.0. The van der Waals surface area contributed by atoms with Gasteiger partial charge in [0.15, 0.2) is 5.78 Å². The van der Waals surface area contributed by atoms with Crippen molar-refractivity contribution in [1.29, 1.82) is 0 Å². The number of Topliss-reactive ketones (excluding diaryl/α,β-unsaturated/α-hetero) is 1. The van der Waals surface area contributed by atoms with Crippen LogP contribution in [0, 0.1) is 12.8 Å². The summed E-state index contributed by atoms with van der Waals surface area (Å²) in [5, 5.41) is 12.4. The molecule has 1 aromatic carbocycles. The summed E-state index contributed by atoms with van der Waals surface area (Å²) in [7, 11) is 0. The van der Waals surface area contributed by atoms with E-state index in [-0.39, 0.29) is 5.78 Å². The highest BCUT2D eigenvalue weighted by Crippen LogP contribution is 2.37. The molecular weight excluding hydrogens is 356 g/mol. The number of hydrogen-bond donors (Lipinski definition) is 0. The highest BCUT2D eigenvalue weighted by molar-refractivity contribution is 7.14. The zero-order valence-corrected chi connectivity index (χ0v) is 16.2. The Bertz CT molecular complexity index is 1010. The van der Waals surface area contributed by atoms with Crippen LogP contribution in [0.3, 0.4) is 0 Å². The number of fused-ring (bicyclic) bond motifs is 3. The Morgan fingerprint density at radius 2 is 2.15 bits per heavy atom. The lowest BCUT2D eigenvalue weighted by Crippen LogP contribution is -2.37. The van der Waals surface area contributed by atoms with Gasteiger partial charge in [-0.1, -0.05) is 23.5 Å². The van der Waals surface area contributed by atoms with Gasteiger partial charge >= 0.3 is 0 Å². The summed E-state index contributed by atoms with van der Waals surface area (Å²) in [6.45, 7) is 3.64. The van der Waals surface area contributed by atoms with Crippen molar-refractivity contribution in [1.82, 2.24) is 20.1 Å². The lowest BCUT2D eigenvalue weighted by atomic mass is 10.1. The van der Waals surface area contributed by atoms with Crippen molar-refractivity contribution in [3.8, 4) is 10.6 Å². The van der Waals surface area contributed by atoms with Crippen molar-refractivity contribution in [2.45, 2.75) is 38.6 Å². The minimum Gasteiger partial charge on any atom is -0.298 e. The number of hydrogen-bond acceptors (Lipinski definition) is 6. The minimum atomic E-state index is 0.269. The predicted molar refractivity (Wildman–Crippen MR) is 107 cm³/mol. The summed E-state index contributed by atoms with van der Waals surface area (Å²) in [4.78, 5) is 19.5. The number of ketones is 1. The lowest BCUT2D eigenvalue weighted by molar-refractivity contribution is -0.120. The number of nitrogens with zero attached hydrogens (tertiary/aromatic N) is 4. The van der Waals surface area contributed by atoms with Gasteiger partial charge in [0, 0.05) is 35.4 Å². The van der Waals surface area contributed by atoms with Crippen molar-refractivity contribution in [3.63, 3.8) is 0 Å². The van der Waals surface area contributed by atoms with Gasteiger partial charge in [0.25, 0.3) is 0 Å². The Balaban J connectivity index is 1.33. The van der Waals surface area contributed by atoms with Gasteiger partial charge in [-0.15, -0.1) is 10.2 Å². The van der Waals surface area contributed by atoms with E-state index in [4.69, 9.17) is 0 Å². The van der Waals surface area contributed by atoms with Crippen LogP contribution in [0.25, 0.3) is 21.3 Å². The molecule has 3 heterocycles. The molecule has 5 nitrogen and oxygen atoms in total. The van der Waals surface area contributed by atoms with Gasteiger partial charge in [-0.05, 0) is 49.6 Å². The van der Waals surface area contributed by atoms with E-state index in [9.17, 15) is 4.79 Å². The van der Waals surface area contributed by atoms with E-state index in [0.29, 0.717) is 19.0 Å². The summed E-state index contributed by atoms with van der Waals surface area (Å²) in [5.74, 6) is 1.09. The molecule has 1 aliphatic carbocycles. The number of piperidine rings is 1. The third-order valence-corrected chi connectivity index (χ3v) is 6.72. The molecule has 1 aliphatic heterocycles. The van der Waals surface area contributed by atoms with Crippen LogP contribution in [0.15, 0.2) is 30.5 Å². The van der Waals surface area contributed by atoms with Crippen LogP contribution in [0.1, 0.15) is 30.0 Å². The molecule has 5 rings (SSSR count). The first-order valence-corrected chi connectivity index (χ1v) is 10.4. The van der Waals surface area contributed by atoms with E-state index in [0.717, 1.165) is 44.5 Å². The SMILES string of the molecule is Cc1nnc(-c2ccc3cnc(CC(=O)CN4C[C@@H]5CC[C@H]4C5)cc3c2)s1. The van der Waals surface area contributed by atoms with Crippen LogP contribution in [0.4, 0.5) is 0 Å². The quantitative estimate of drug-likeness (QED) is 0.678. The highest BCUT2D eigenvalue weighted by Gasteiger charge is 2.38. The first-order valence-electron chi connectivity index (χ1n) is 9.59. The fourth-order valence-electron chi connectivity index (χ4n) is 4.53. The standard InChI is InChI=1S/C21H22N4OS/c1-13-23-24-21(27-13)15-3-4-16-10-22-18(8-17(16)7-15)9-20(26)12-25-11-14-2-5-19(25)6-14/h3-4,7-8,10,14,19H,2,5-6,9,11-12H2,1H3/t14-,19+/m1/s1. The molecule has 0 unspecified atom stereocenters. The number of carbonyl (C=O) groups excluding carboxylic acids is 1. The molecule has 27 heavy (non-hydrogen) atoms. The molecule has 1 saturated carbocycles. The van der Waals surface area contributed by atoms with Crippen molar-refractivity contribution in [2.24, 2.45) is 5.92 Å². The number of likely N-dealkylation sites (tertiary alicyclic amines) is 1. The summed E-state index contributed by atoms with van der Waals surface area (Å²) >= 11 is 1.59. The molecule has 2 bridgehead atoms. The second kappa shape index (κ2) is 6.77. The Morgan fingerprint density at radius 1 is 1.22 bits per heavy atom. The fraction of sp³-hybridized carbons (Fsp3) is 0.429. The van der Waals surface area contributed by atoms with Crippen LogP contribution in [0.2, 0.25) is 0 Å². The van der Waals surface area contributed by atoms with E-state index in [1.54, 1.807) is 11.3 Å². The molecule has 2 aromatic heterocycles. The zero-order chi connectivity index (χ0) is 18.4. The van der Waals surface area contributed by atoms with Gasteiger partial charge in [0.1, 0.15) is 10.0 Å². The van der Waals surface area contributed by atoms with Crippen LogP contribution in [-0.2, 0) is 11.2 Å². The van der Waals surface area contributed by atoms with Crippen molar-refractivity contribution < 1.29 is 4.79 Å². The molecule has 0 spiro atoms.